The van der Waals surface area contributed by atoms with E-state index in [2.05, 4.69) is 17.0 Å². The van der Waals surface area contributed by atoms with Crippen molar-refractivity contribution in [1.82, 2.24) is 10.0 Å². The fourth-order valence-electron chi connectivity index (χ4n) is 1.63. The Bertz CT molecular complexity index is 524. The normalized spacial score (nSPS) is 11.3. The van der Waals surface area contributed by atoms with E-state index in [1.807, 2.05) is 6.92 Å². The van der Waals surface area contributed by atoms with Crippen molar-refractivity contribution in [1.29, 1.82) is 0 Å². The zero-order chi connectivity index (χ0) is 15.0. The number of rotatable bonds is 8. The van der Waals surface area contributed by atoms with Crippen molar-refractivity contribution >= 4 is 15.9 Å². The van der Waals surface area contributed by atoms with Crippen LogP contribution in [0.2, 0.25) is 0 Å². The Hall–Kier alpha value is -1.40. The van der Waals surface area contributed by atoms with Crippen LogP contribution in [0.3, 0.4) is 0 Å². The summed E-state index contributed by atoms with van der Waals surface area (Å²) in [6.07, 6.45) is 3.04. The van der Waals surface area contributed by atoms with Crippen LogP contribution in [0.15, 0.2) is 29.2 Å². The minimum Gasteiger partial charge on any atom is -0.355 e. The minimum atomic E-state index is -3.62. The Labute approximate surface area is 120 Å². The lowest BCUT2D eigenvalue weighted by Gasteiger charge is -2.08. The molecule has 1 rings (SSSR count). The maximum atomic E-state index is 11.9. The van der Waals surface area contributed by atoms with Gasteiger partial charge in [0.2, 0.25) is 15.9 Å². The second-order valence-electron chi connectivity index (χ2n) is 4.69. The number of hydrogen-bond acceptors (Lipinski definition) is 3. The lowest BCUT2D eigenvalue weighted by Crippen LogP contribution is -2.37. The van der Waals surface area contributed by atoms with Gasteiger partial charge in [-0.05, 0) is 25.5 Å². The summed E-state index contributed by atoms with van der Waals surface area (Å²) >= 11 is 0. The molecule has 0 unspecified atom stereocenters. The molecule has 0 heterocycles. The van der Waals surface area contributed by atoms with E-state index in [4.69, 9.17) is 0 Å². The van der Waals surface area contributed by atoms with Gasteiger partial charge in [0, 0.05) is 6.54 Å². The monoisotopic (exact) mass is 298 g/mol. The van der Waals surface area contributed by atoms with Gasteiger partial charge < -0.3 is 5.32 Å². The number of carbonyl (C=O) groups excluding carboxylic acids is 1. The summed E-state index contributed by atoms with van der Waals surface area (Å²) in [6, 6.07) is 6.49. The summed E-state index contributed by atoms with van der Waals surface area (Å²) in [5, 5.41) is 2.68. The highest BCUT2D eigenvalue weighted by Crippen LogP contribution is 2.09. The average molecular weight is 298 g/mol. The molecule has 1 aromatic carbocycles. The fourth-order valence-corrected chi connectivity index (χ4v) is 2.61. The van der Waals surface area contributed by atoms with Gasteiger partial charge in [0.05, 0.1) is 11.4 Å². The van der Waals surface area contributed by atoms with Crippen LogP contribution in [0.4, 0.5) is 0 Å². The molecule has 1 amide bonds. The maximum Gasteiger partial charge on any atom is 0.241 e. The second-order valence-corrected chi connectivity index (χ2v) is 6.46. The van der Waals surface area contributed by atoms with E-state index in [1.54, 1.807) is 12.1 Å². The zero-order valence-corrected chi connectivity index (χ0v) is 12.8. The van der Waals surface area contributed by atoms with E-state index in [9.17, 15) is 13.2 Å². The maximum absolute atomic E-state index is 11.9. The average Bonchev–Trinajstić information content (AvgIpc) is 2.42. The number of carbonyl (C=O) groups is 1. The van der Waals surface area contributed by atoms with Gasteiger partial charge in [-0.15, -0.1) is 0 Å². The van der Waals surface area contributed by atoms with E-state index in [0.29, 0.717) is 6.54 Å². The van der Waals surface area contributed by atoms with Gasteiger partial charge in [0.25, 0.3) is 0 Å². The molecule has 1 aromatic rings. The van der Waals surface area contributed by atoms with Crippen molar-refractivity contribution in [2.24, 2.45) is 0 Å². The molecule has 0 radical (unpaired) electrons. The van der Waals surface area contributed by atoms with E-state index in [1.165, 1.54) is 12.1 Å². The third kappa shape index (κ3) is 5.71. The smallest absolute Gasteiger partial charge is 0.241 e. The molecule has 5 nitrogen and oxygen atoms in total. The van der Waals surface area contributed by atoms with Gasteiger partial charge in [0.1, 0.15) is 0 Å². The predicted octanol–water partition coefficient (Wildman–Crippen LogP) is 1.58. The van der Waals surface area contributed by atoms with Crippen LogP contribution in [0.1, 0.15) is 31.7 Å². The molecule has 6 heteroatoms. The first kappa shape index (κ1) is 16.7. The van der Waals surface area contributed by atoms with Gasteiger partial charge in [0.15, 0.2) is 0 Å². The molecule has 0 fully saturated rings. The number of aryl methyl sites for hydroxylation is 1. The summed E-state index contributed by atoms with van der Waals surface area (Å²) in [5.41, 5.74) is 0.984. The summed E-state index contributed by atoms with van der Waals surface area (Å²) in [5.74, 6) is -0.309. The standard InChI is InChI=1S/C14H22N2O3S/c1-3-4-5-10-15-14(17)11-16-20(18,19)13-8-6-12(2)7-9-13/h6-9,16H,3-5,10-11H2,1-2H3,(H,15,17). The SMILES string of the molecule is CCCCCNC(=O)CNS(=O)(=O)c1ccc(C)cc1. The number of nitrogens with one attached hydrogen (secondary N) is 2. The molecule has 0 aliphatic rings. The first-order valence-electron chi connectivity index (χ1n) is 6.78. The summed E-state index contributed by atoms with van der Waals surface area (Å²) in [6.45, 7) is 4.31. The van der Waals surface area contributed by atoms with Gasteiger partial charge in [-0.3, -0.25) is 4.79 Å². The van der Waals surface area contributed by atoms with Gasteiger partial charge in [-0.25, -0.2) is 13.1 Å². The van der Waals surface area contributed by atoms with E-state index in [-0.39, 0.29) is 17.3 Å². The summed E-state index contributed by atoms with van der Waals surface area (Å²) in [7, 11) is -3.62. The van der Waals surface area contributed by atoms with Crippen LogP contribution >= 0.6 is 0 Å². The third-order valence-corrected chi connectivity index (χ3v) is 4.27. The zero-order valence-electron chi connectivity index (χ0n) is 12.0. The first-order chi connectivity index (χ1) is 9.45. The van der Waals surface area contributed by atoms with Crippen molar-refractivity contribution in [3.8, 4) is 0 Å². The minimum absolute atomic E-state index is 0.168. The van der Waals surface area contributed by atoms with Crippen molar-refractivity contribution in [3.63, 3.8) is 0 Å². The molecule has 0 aromatic heterocycles. The van der Waals surface area contributed by atoms with Gasteiger partial charge >= 0.3 is 0 Å². The lowest BCUT2D eigenvalue weighted by molar-refractivity contribution is -0.119. The highest BCUT2D eigenvalue weighted by molar-refractivity contribution is 7.89. The fraction of sp³-hybridized carbons (Fsp3) is 0.500. The topological polar surface area (TPSA) is 75.3 Å². The van der Waals surface area contributed by atoms with E-state index in [0.717, 1.165) is 24.8 Å². The van der Waals surface area contributed by atoms with Crippen LogP contribution in [-0.2, 0) is 14.8 Å². The van der Waals surface area contributed by atoms with E-state index < -0.39 is 10.0 Å². The first-order valence-corrected chi connectivity index (χ1v) is 8.27. The molecule has 2 N–H and O–H groups in total. The Morgan fingerprint density at radius 1 is 1.15 bits per heavy atom. The largest absolute Gasteiger partial charge is 0.355 e. The summed E-state index contributed by atoms with van der Waals surface area (Å²) in [4.78, 5) is 11.7. The molecule has 0 saturated heterocycles. The van der Waals surface area contributed by atoms with Crippen LogP contribution in [0.25, 0.3) is 0 Å². The highest BCUT2D eigenvalue weighted by Gasteiger charge is 2.14. The third-order valence-electron chi connectivity index (χ3n) is 2.86. The number of benzene rings is 1. The Morgan fingerprint density at radius 2 is 1.80 bits per heavy atom. The molecule has 112 valence electrons. The van der Waals surface area contributed by atoms with Crippen LogP contribution in [0.5, 0.6) is 0 Å². The molecule has 0 aliphatic heterocycles. The molecule has 0 spiro atoms. The quantitative estimate of drug-likeness (QED) is 0.716. The number of sulfonamides is 1. The lowest BCUT2D eigenvalue weighted by atomic mass is 10.2. The molecule has 0 aliphatic carbocycles. The number of amides is 1. The second kappa shape index (κ2) is 8.01. The van der Waals surface area contributed by atoms with Crippen molar-refractivity contribution < 1.29 is 13.2 Å². The Balaban J connectivity index is 2.43. The predicted molar refractivity (Wildman–Crippen MR) is 78.9 cm³/mol. The van der Waals surface area contributed by atoms with Gasteiger partial charge in [-0.2, -0.15) is 0 Å². The van der Waals surface area contributed by atoms with Gasteiger partial charge in [-0.1, -0.05) is 37.5 Å². The van der Waals surface area contributed by atoms with Crippen molar-refractivity contribution in [2.75, 3.05) is 13.1 Å². The van der Waals surface area contributed by atoms with Crippen LogP contribution < -0.4 is 10.0 Å². The molecular weight excluding hydrogens is 276 g/mol. The molecule has 0 saturated carbocycles. The molecule has 0 atom stereocenters. The van der Waals surface area contributed by atoms with E-state index >= 15 is 0 Å². The summed E-state index contributed by atoms with van der Waals surface area (Å²) < 4.78 is 26.2. The molecule has 20 heavy (non-hydrogen) atoms. The van der Waals surface area contributed by atoms with Crippen molar-refractivity contribution in [2.45, 2.75) is 38.0 Å². The molecule has 0 bridgehead atoms. The van der Waals surface area contributed by atoms with Crippen LogP contribution in [-0.4, -0.2) is 27.4 Å². The highest BCUT2D eigenvalue weighted by atomic mass is 32.2. The number of unbranched alkanes of at least 4 members (excludes halogenated alkanes) is 2. The van der Waals surface area contributed by atoms with Crippen molar-refractivity contribution in [3.05, 3.63) is 29.8 Å². The molecular formula is C14H22N2O3S. The Morgan fingerprint density at radius 3 is 2.40 bits per heavy atom. The Kier molecular flexibility index (Phi) is 6.67. The number of hydrogen-bond donors (Lipinski definition) is 2. The van der Waals surface area contributed by atoms with Crippen LogP contribution in [0, 0.1) is 6.92 Å².